The van der Waals surface area contributed by atoms with Crippen molar-refractivity contribution >= 4 is 0 Å². The highest BCUT2D eigenvalue weighted by Crippen LogP contribution is 2.33. The summed E-state index contributed by atoms with van der Waals surface area (Å²) in [5.41, 5.74) is 0. The lowest BCUT2D eigenvalue weighted by Crippen LogP contribution is -2.45. The number of likely N-dealkylation sites (tertiary alicyclic amines) is 1. The van der Waals surface area contributed by atoms with Gasteiger partial charge in [0.05, 0.1) is 24.7 Å². The Kier molecular flexibility index (Phi) is 5.88. The molecule has 1 fully saturated rings. The Bertz CT molecular complexity index is 246. The molecule has 3 nitrogen and oxygen atoms in total. The predicted octanol–water partition coefficient (Wildman–Crippen LogP) is 2.05. The summed E-state index contributed by atoms with van der Waals surface area (Å²) in [6.07, 6.45) is -4.11. The lowest BCUT2D eigenvalue weighted by Gasteiger charge is -2.34. The first-order valence-corrected chi connectivity index (χ1v) is 6.37. The van der Waals surface area contributed by atoms with Gasteiger partial charge in [0.1, 0.15) is 0 Å². The van der Waals surface area contributed by atoms with Crippen LogP contribution in [0.2, 0.25) is 0 Å². The van der Waals surface area contributed by atoms with Crippen molar-refractivity contribution in [2.45, 2.75) is 45.1 Å². The molecule has 1 aliphatic rings. The smallest absolute Gasteiger partial charge is 0.389 e. The van der Waals surface area contributed by atoms with Gasteiger partial charge in [0, 0.05) is 13.1 Å². The summed E-state index contributed by atoms with van der Waals surface area (Å²) in [7, 11) is 0. The Balaban J connectivity index is 2.33. The van der Waals surface area contributed by atoms with Crippen molar-refractivity contribution in [3.8, 4) is 0 Å². The summed E-state index contributed by atoms with van der Waals surface area (Å²) >= 11 is 0. The molecule has 1 saturated heterocycles. The van der Waals surface area contributed by atoms with Crippen molar-refractivity contribution in [2.75, 3.05) is 26.2 Å². The SMILES string of the molecule is CC(C)OC[C@@H](O)CN1CCC[C@H](C(F)(F)F)C1. The lowest BCUT2D eigenvalue weighted by atomic mass is 9.97. The molecule has 0 bridgehead atoms. The second kappa shape index (κ2) is 6.73. The van der Waals surface area contributed by atoms with Crippen molar-refractivity contribution in [3.63, 3.8) is 0 Å². The second-order valence-corrected chi connectivity index (χ2v) is 5.18. The van der Waals surface area contributed by atoms with Gasteiger partial charge in [-0.15, -0.1) is 0 Å². The van der Waals surface area contributed by atoms with Gasteiger partial charge in [-0.2, -0.15) is 13.2 Å². The van der Waals surface area contributed by atoms with E-state index in [0.29, 0.717) is 13.0 Å². The summed E-state index contributed by atoms with van der Waals surface area (Å²) in [6, 6.07) is 0. The molecule has 0 amide bonds. The van der Waals surface area contributed by atoms with Crippen molar-refractivity contribution in [2.24, 2.45) is 5.92 Å². The van der Waals surface area contributed by atoms with E-state index in [0.717, 1.165) is 0 Å². The quantitative estimate of drug-likeness (QED) is 0.829. The molecule has 1 N–H and O–H groups in total. The number of ether oxygens (including phenoxy) is 1. The molecule has 6 heteroatoms. The zero-order chi connectivity index (χ0) is 13.8. The third kappa shape index (κ3) is 5.54. The van der Waals surface area contributed by atoms with Gasteiger partial charge < -0.3 is 14.7 Å². The van der Waals surface area contributed by atoms with Gasteiger partial charge in [-0.1, -0.05) is 0 Å². The average Bonchev–Trinajstić information content (AvgIpc) is 2.25. The van der Waals surface area contributed by atoms with E-state index in [4.69, 9.17) is 4.74 Å². The van der Waals surface area contributed by atoms with Crippen LogP contribution in [0.4, 0.5) is 13.2 Å². The fourth-order valence-electron chi connectivity index (χ4n) is 2.14. The van der Waals surface area contributed by atoms with Gasteiger partial charge in [-0.25, -0.2) is 0 Å². The number of halogens is 3. The molecule has 2 atom stereocenters. The first-order chi connectivity index (χ1) is 8.29. The maximum Gasteiger partial charge on any atom is 0.393 e. The lowest BCUT2D eigenvalue weighted by molar-refractivity contribution is -0.187. The van der Waals surface area contributed by atoms with Crippen molar-refractivity contribution < 1.29 is 23.0 Å². The normalized spacial score (nSPS) is 24.5. The molecule has 0 spiro atoms. The topological polar surface area (TPSA) is 32.7 Å². The van der Waals surface area contributed by atoms with E-state index in [1.807, 2.05) is 13.8 Å². The molecule has 0 radical (unpaired) electrons. The molecule has 0 saturated carbocycles. The summed E-state index contributed by atoms with van der Waals surface area (Å²) in [4.78, 5) is 1.68. The number of hydrogen-bond acceptors (Lipinski definition) is 3. The number of rotatable bonds is 5. The van der Waals surface area contributed by atoms with Crippen LogP contribution in [-0.2, 0) is 4.74 Å². The third-order valence-corrected chi connectivity index (χ3v) is 3.06. The molecule has 1 rings (SSSR count). The van der Waals surface area contributed by atoms with Crippen molar-refractivity contribution in [1.29, 1.82) is 0 Å². The minimum atomic E-state index is -4.13. The van der Waals surface area contributed by atoms with Gasteiger partial charge >= 0.3 is 6.18 Å². The molecule has 0 aromatic heterocycles. The number of hydrogen-bond donors (Lipinski definition) is 1. The van der Waals surface area contributed by atoms with Crippen LogP contribution < -0.4 is 0 Å². The standard InChI is InChI=1S/C12H22F3NO2/c1-9(2)18-8-11(17)7-16-5-3-4-10(6-16)12(13,14)15/h9-11,17H,3-8H2,1-2H3/t10-,11-/m0/s1. The van der Waals surface area contributed by atoms with E-state index in [1.54, 1.807) is 4.90 Å². The fraction of sp³-hybridized carbons (Fsp3) is 1.00. The van der Waals surface area contributed by atoms with E-state index in [9.17, 15) is 18.3 Å². The average molecular weight is 269 g/mol. The van der Waals surface area contributed by atoms with Gasteiger partial charge in [0.15, 0.2) is 0 Å². The maximum atomic E-state index is 12.6. The Morgan fingerprint density at radius 2 is 2.06 bits per heavy atom. The van der Waals surface area contributed by atoms with Gasteiger partial charge in [-0.3, -0.25) is 0 Å². The Labute approximate surface area is 106 Å². The zero-order valence-corrected chi connectivity index (χ0v) is 10.9. The van der Waals surface area contributed by atoms with Crippen LogP contribution in [0.25, 0.3) is 0 Å². The molecule has 0 aromatic carbocycles. The zero-order valence-electron chi connectivity index (χ0n) is 10.9. The first kappa shape index (κ1) is 15.7. The highest BCUT2D eigenvalue weighted by Gasteiger charge is 2.41. The number of nitrogens with zero attached hydrogens (tertiary/aromatic N) is 1. The van der Waals surface area contributed by atoms with Crippen LogP contribution in [0.5, 0.6) is 0 Å². The number of aliphatic hydroxyl groups is 1. The van der Waals surface area contributed by atoms with Crippen molar-refractivity contribution in [3.05, 3.63) is 0 Å². The highest BCUT2D eigenvalue weighted by atomic mass is 19.4. The van der Waals surface area contributed by atoms with E-state index in [2.05, 4.69) is 0 Å². The van der Waals surface area contributed by atoms with Crippen LogP contribution in [0.15, 0.2) is 0 Å². The van der Waals surface area contributed by atoms with Crippen LogP contribution in [0, 0.1) is 5.92 Å². The molecular formula is C12H22F3NO2. The molecule has 108 valence electrons. The molecule has 0 aliphatic carbocycles. The minimum absolute atomic E-state index is 0.0117. The van der Waals surface area contributed by atoms with Gasteiger partial charge in [0.25, 0.3) is 0 Å². The molecule has 1 heterocycles. The van der Waals surface area contributed by atoms with Gasteiger partial charge in [-0.05, 0) is 33.2 Å². The number of alkyl halides is 3. The number of piperidine rings is 1. The van der Waals surface area contributed by atoms with Crippen LogP contribution in [0.1, 0.15) is 26.7 Å². The molecule has 1 aliphatic heterocycles. The molecule has 0 unspecified atom stereocenters. The fourth-order valence-corrected chi connectivity index (χ4v) is 2.14. The van der Waals surface area contributed by atoms with Crippen LogP contribution >= 0.6 is 0 Å². The van der Waals surface area contributed by atoms with E-state index < -0.39 is 18.2 Å². The predicted molar refractivity (Wildman–Crippen MR) is 62.3 cm³/mol. The molecule has 18 heavy (non-hydrogen) atoms. The van der Waals surface area contributed by atoms with E-state index >= 15 is 0 Å². The number of β-amino-alcohol motifs (C(OH)–C–C–N with tert-alkyl or cyclic N) is 1. The van der Waals surface area contributed by atoms with Crippen LogP contribution in [0.3, 0.4) is 0 Å². The van der Waals surface area contributed by atoms with Gasteiger partial charge in [0.2, 0.25) is 0 Å². The second-order valence-electron chi connectivity index (χ2n) is 5.18. The first-order valence-electron chi connectivity index (χ1n) is 6.37. The summed E-state index contributed by atoms with van der Waals surface area (Å²) in [6.45, 7) is 4.73. The van der Waals surface area contributed by atoms with Crippen molar-refractivity contribution in [1.82, 2.24) is 4.90 Å². The maximum absolute atomic E-state index is 12.6. The third-order valence-electron chi connectivity index (χ3n) is 3.06. The monoisotopic (exact) mass is 269 g/mol. The Morgan fingerprint density at radius 3 is 2.61 bits per heavy atom. The van der Waals surface area contributed by atoms with E-state index in [1.165, 1.54) is 0 Å². The Hall–Kier alpha value is -0.330. The number of aliphatic hydroxyl groups excluding tert-OH is 1. The van der Waals surface area contributed by atoms with E-state index in [-0.39, 0.29) is 32.2 Å². The largest absolute Gasteiger partial charge is 0.393 e. The summed E-state index contributed by atoms with van der Waals surface area (Å²) < 4.78 is 43.0. The van der Waals surface area contributed by atoms with Crippen LogP contribution in [-0.4, -0.2) is 54.6 Å². The summed E-state index contributed by atoms with van der Waals surface area (Å²) in [5, 5.41) is 9.69. The highest BCUT2D eigenvalue weighted by molar-refractivity contribution is 4.79. The minimum Gasteiger partial charge on any atom is -0.389 e. The molecule has 0 aromatic rings. The summed E-state index contributed by atoms with van der Waals surface area (Å²) in [5.74, 6) is -1.26. The molecular weight excluding hydrogens is 247 g/mol. The Morgan fingerprint density at radius 1 is 1.39 bits per heavy atom.